The third-order valence-corrected chi connectivity index (χ3v) is 3.83. The minimum Gasteiger partial charge on any atom is -0.496 e. The molecule has 0 saturated carbocycles. The Balaban J connectivity index is 2.70. The van der Waals surface area contributed by atoms with Gasteiger partial charge in [0.15, 0.2) is 0 Å². The van der Waals surface area contributed by atoms with E-state index in [0.717, 1.165) is 11.1 Å². The monoisotopic (exact) mass is 349 g/mol. The molecular weight excluding hydrogens is 334 g/mol. The first-order chi connectivity index (χ1) is 9.93. The summed E-state index contributed by atoms with van der Waals surface area (Å²) in [5, 5.41) is 11.3. The van der Waals surface area contributed by atoms with Gasteiger partial charge in [0.2, 0.25) is 0 Å². The quantitative estimate of drug-likeness (QED) is 0.566. The number of hydrogen-bond donors (Lipinski definition) is 0. The molecule has 0 bridgehead atoms. The first-order valence-electron chi connectivity index (χ1n) is 6.56. The van der Waals surface area contributed by atoms with Gasteiger partial charge >= 0.3 is 0 Å². The maximum absolute atomic E-state index is 11.3. The highest BCUT2D eigenvalue weighted by atomic mass is 79.9. The molecule has 110 valence electrons. The van der Waals surface area contributed by atoms with Gasteiger partial charge in [-0.1, -0.05) is 35.8 Å². The lowest BCUT2D eigenvalue weighted by atomic mass is 9.95. The molecule has 0 heterocycles. The van der Waals surface area contributed by atoms with Gasteiger partial charge in [0.05, 0.1) is 17.6 Å². The second kappa shape index (κ2) is 6.26. The van der Waals surface area contributed by atoms with E-state index >= 15 is 0 Å². The zero-order valence-electron chi connectivity index (χ0n) is 12.1. The molecule has 0 saturated heterocycles. The van der Waals surface area contributed by atoms with Crippen LogP contribution in [0, 0.1) is 10.1 Å². The second-order valence-electron chi connectivity index (χ2n) is 5.03. The van der Waals surface area contributed by atoms with Crippen LogP contribution in [-0.4, -0.2) is 12.0 Å². The summed E-state index contributed by atoms with van der Waals surface area (Å²) in [6.07, 6.45) is 0. The van der Waals surface area contributed by atoms with Gasteiger partial charge in [-0.05, 0) is 35.7 Å². The van der Waals surface area contributed by atoms with E-state index in [2.05, 4.69) is 29.8 Å². The van der Waals surface area contributed by atoms with Gasteiger partial charge in [0, 0.05) is 16.1 Å². The summed E-state index contributed by atoms with van der Waals surface area (Å²) in [5.41, 5.74) is 2.47. The fraction of sp³-hybridized carbons (Fsp3) is 0.250. The molecule has 0 amide bonds. The van der Waals surface area contributed by atoms with Gasteiger partial charge in [-0.25, -0.2) is 0 Å². The van der Waals surface area contributed by atoms with Crippen molar-refractivity contribution < 1.29 is 9.66 Å². The summed E-state index contributed by atoms with van der Waals surface area (Å²) in [4.78, 5) is 10.9. The molecule has 2 aromatic rings. The first kappa shape index (κ1) is 15.5. The zero-order valence-corrected chi connectivity index (χ0v) is 13.7. The normalized spacial score (nSPS) is 10.7. The van der Waals surface area contributed by atoms with Gasteiger partial charge in [-0.3, -0.25) is 10.1 Å². The fourth-order valence-corrected chi connectivity index (χ4v) is 2.53. The number of methoxy groups -OCH3 is 1. The second-order valence-corrected chi connectivity index (χ2v) is 5.95. The molecule has 0 aromatic heterocycles. The van der Waals surface area contributed by atoms with Gasteiger partial charge in [-0.2, -0.15) is 0 Å². The van der Waals surface area contributed by atoms with Crippen LogP contribution in [0.4, 0.5) is 5.69 Å². The molecule has 21 heavy (non-hydrogen) atoms. The lowest BCUT2D eigenvalue weighted by Crippen LogP contribution is -1.96. The molecule has 0 spiro atoms. The van der Waals surface area contributed by atoms with Crippen LogP contribution in [0.3, 0.4) is 0 Å². The fourth-order valence-electron chi connectivity index (χ4n) is 2.18. The van der Waals surface area contributed by atoms with Crippen molar-refractivity contribution in [2.75, 3.05) is 7.11 Å². The average Bonchev–Trinajstić information content (AvgIpc) is 2.46. The van der Waals surface area contributed by atoms with Crippen LogP contribution in [0.25, 0.3) is 11.1 Å². The van der Waals surface area contributed by atoms with Crippen LogP contribution in [0.1, 0.15) is 25.3 Å². The Morgan fingerprint density at radius 1 is 1.14 bits per heavy atom. The van der Waals surface area contributed by atoms with E-state index in [4.69, 9.17) is 4.74 Å². The Bertz CT molecular complexity index is 683. The molecule has 4 nitrogen and oxygen atoms in total. The number of hydrogen-bond acceptors (Lipinski definition) is 3. The molecular formula is C16H16BrNO3. The topological polar surface area (TPSA) is 52.4 Å². The Kier molecular flexibility index (Phi) is 4.63. The van der Waals surface area contributed by atoms with E-state index in [1.54, 1.807) is 19.2 Å². The maximum atomic E-state index is 11.3. The van der Waals surface area contributed by atoms with E-state index in [9.17, 15) is 10.1 Å². The number of rotatable bonds is 4. The summed E-state index contributed by atoms with van der Waals surface area (Å²) in [7, 11) is 1.57. The van der Waals surface area contributed by atoms with E-state index < -0.39 is 0 Å². The molecule has 0 N–H and O–H groups in total. The number of nitrogens with zero attached hydrogens (tertiary/aromatic N) is 1. The van der Waals surface area contributed by atoms with Crippen molar-refractivity contribution >= 4 is 21.6 Å². The minimum atomic E-state index is -0.373. The molecule has 0 aliphatic heterocycles. The van der Waals surface area contributed by atoms with Gasteiger partial charge < -0.3 is 4.74 Å². The van der Waals surface area contributed by atoms with Crippen LogP contribution in [-0.2, 0) is 0 Å². The van der Waals surface area contributed by atoms with Crippen molar-refractivity contribution in [2.24, 2.45) is 0 Å². The highest BCUT2D eigenvalue weighted by molar-refractivity contribution is 9.10. The molecule has 0 atom stereocenters. The van der Waals surface area contributed by atoms with Crippen molar-refractivity contribution in [3.63, 3.8) is 0 Å². The number of nitro groups is 1. The smallest absolute Gasteiger partial charge is 0.278 e. The lowest BCUT2D eigenvalue weighted by Gasteiger charge is -2.13. The van der Waals surface area contributed by atoms with Crippen molar-refractivity contribution in [3.05, 3.63) is 56.5 Å². The summed E-state index contributed by atoms with van der Waals surface area (Å²) in [6.45, 7) is 4.17. The Hall–Kier alpha value is -1.88. The number of benzene rings is 2. The highest BCUT2D eigenvalue weighted by Gasteiger charge is 2.19. The number of ether oxygens (including phenoxy) is 1. The zero-order chi connectivity index (χ0) is 15.6. The van der Waals surface area contributed by atoms with Crippen LogP contribution < -0.4 is 4.74 Å². The molecule has 0 unspecified atom stereocenters. The van der Waals surface area contributed by atoms with Gasteiger partial charge in [0.25, 0.3) is 5.69 Å². The van der Waals surface area contributed by atoms with Crippen LogP contribution in [0.5, 0.6) is 5.75 Å². The Labute approximate surface area is 132 Å². The first-order valence-corrected chi connectivity index (χ1v) is 7.35. The van der Waals surface area contributed by atoms with Crippen molar-refractivity contribution in [3.8, 4) is 16.9 Å². The molecule has 0 aliphatic rings. The van der Waals surface area contributed by atoms with Crippen molar-refractivity contribution in [1.29, 1.82) is 0 Å². The highest BCUT2D eigenvalue weighted by Crippen LogP contribution is 2.39. The van der Waals surface area contributed by atoms with Crippen LogP contribution >= 0.6 is 15.9 Å². The maximum Gasteiger partial charge on any atom is 0.278 e. The van der Waals surface area contributed by atoms with Gasteiger partial charge in [0.1, 0.15) is 5.75 Å². The molecule has 2 rings (SSSR count). The third kappa shape index (κ3) is 3.24. The molecule has 0 fully saturated rings. The van der Waals surface area contributed by atoms with E-state index in [0.29, 0.717) is 21.7 Å². The molecule has 5 heteroatoms. The number of halogens is 1. The summed E-state index contributed by atoms with van der Waals surface area (Å²) < 4.78 is 6.04. The van der Waals surface area contributed by atoms with Gasteiger partial charge in [-0.15, -0.1) is 0 Å². The largest absolute Gasteiger partial charge is 0.496 e. The summed E-state index contributed by atoms with van der Waals surface area (Å²) in [6, 6.07) is 10.8. The third-order valence-electron chi connectivity index (χ3n) is 3.34. The van der Waals surface area contributed by atoms with Crippen molar-refractivity contribution in [1.82, 2.24) is 0 Å². The minimum absolute atomic E-state index is 0.0589. The predicted molar refractivity (Wildman–Crippen MR) is 86.9 cm³/mol. The van der Waals surface area contributed by atoms with E-state index in [1.807, 2.05) is 18.2 Å². The predicted octanol–water partition coefficient (Wildman–Crippen LogP) is 5.16. The van der Waals surface area contributed by atoms with Crippen LogP contribution in [0.15, 0.2) is 40.9 Å². The Morgan fingerprint density at radius 2 is 1.86 bits per heavy atom. The molecule has 2 aromatic carbocycles. The molecule has 0 aliphatic carbocycles. The Morgan fingerprint density at radius 3 is 2.43 bits per heavy atom. The SMILES string of the molecule is COc1ccc(C(C)C)cc1-c1ccc(Br)cc1[N+](=O)[O-]. The number of nitro benzene ring substituents is 1. The van der Waals surface area contributed by atoms with Crippen LogP contribution in [0.2, 0.25) is 0 Å². The standard InChI is InChI=1S/C16H16BrNO3/c1-10(2)11-4-7-16(21-3)14(8-11)13-6-5-12(17)9-15(13)18(19)20/h4-10H,1-3H3. The molecule has 0 radical (unpaired) electrons. The van der Waals surface area contributed by atoms with Crippen molar-refractivity contribution in [2.45, 2.75) is 19.8 Å². The lowest BCUT2D eigenvalue weighted by molar-refractivity contribution is -0.384. The average molecular weight is 350 g/mol. The summed E-state index contributed by atoms with van der Waals surface area (Å²) in [5.74, 6) is 0.967. The summed E-state index contributed by atoms with van der Waals surface area (Å²) >= 11 is 3.27. The van der Waals surface area contributed by atoms with E-state index in [-0.39, 0.29) is 10.6 Å². The van der Waals surface area contributed by atoms with E-state index in [1.165, 1.54) is 6.07 Å².